The van der Waals surface area contributed by atoms with Gasteiger partial charge in [0, 0.05) is 17.1 Å². The largest absolute Gasteiger partial charge is 0.479 e. The molecule has 27 heavy (non-hydrogen) atoms. The number of amides is 1. The number of benzene rings is 2. The Hall–Kier alpha value is -1.95. The zero-order chi connectivity index (χ0) is 19.4. The van der Waals surface area contributed by atoms with Gasteiger partial charge in [-0.1, -0.05) is 23.7 Å². The Labute approximate surface area is 164 Å². The molecular formula is C21H25ClFN2O2+. The quantitative estimate of drug-likeness (QED) is 0.788. The summed E-state index contributed by atoms with van der Waals surface area (Å²) in [4.78, 5) is 13.3. The Balaban J connectivity index is 1.81. The molecule has 1 heterocycles. The summed E-state index contributed by atoms with van der Waals surface area (Å²) in [6.07, 6.45) is 0. The maximum atomic E-state index is 13.3. The highest BCUT2D eigenvalue weighted by atomic mass is 35.5. The second-order valence-corrected chi connectivity index (χ2v) is 7.60. The lowest BCUT2D eigenvalue weighted by Crippen LogP contribution is -2.69. The standard InChI is InChI=1S/C21H25ClFN2O2/c1-15-16(2)25(12-11-24-15,13-17-3-7-19(23)8-4-17)21(26)14-27-20-9-5-18(22)6-10-20/h3-10,15-16,24H,11-14H2,1-2H3/q+1/t15?,16-,25+/m0/s1. The predicted octanol–water partition coefficient (Wildman–Crippen LogP) is 3.78. The molecule has 0 aromatic heterocycles. The van der Waals surface area contributed by atoms with E-state index in [9.17, 15) is 9.18 Å². The fourth-order valence-electron chi connectivity index (χ4n) is 3.68. The molecule has 6 heteroatoms. The molecule has 1 aliphatic heterocycles. The Morgan fingerprint density at radius 2 is 1.85 bits per heavy atom. The fourth-order valence-corrected chi connectivity index (χ4v) is 3.80. The molecule has 4 nitrogen and oxygen atoms in total. The van der Waals surface area contributed by atoms with Crippen LogP contribution in [-0.2, 0) is 11.3 Å². The molecule has 0 bridgehead atoms. The van der Waals surface area contributed by atoms with Crippen LogP contribution in [0.4, 0.5) is 4.39 Å². The third-order valence-corrected chi connectivity index (χ3v) is 5.78. The second kappa shape index (κ2) is 8.38. The lowest BCUT2D eigenvalue weighted by molar-refractivity contribution is -0.895. The Morgan fingerprint density at radius 1 is 1.19 bits per heavy atom. The molecular weight excluding hydrogens is 367 g/mol. The summed E-state index contributed by atoms with van der Waals surface area (Å²) in [5.74, 6) is 0.364. The summed E-state index contributed by atoms with van der Waals surface area (Å²) < 4.78 is 19.3. The summed E-state index contributed by atoms with van der Waals surface area (Å²) in [7, 11) is 0. The minimum Gasteiger partial charge on any atom is -0.479 e. The van der Waals surface area contributed by atoms with Crippen molar-refractivity contribution < 1.29 is 18.4 Å². The maximum absolute atomic E-state index is 13.3. The zero-order valence-electron chi connectivity index (χ0n) is 15.6. The maximum Gasteiger partial charge on any atom is 0.351 e. The fraction of sp³-hybridized carbons (Fsp3) is 0.381. The molecule has 1 unspecified atom stereocenters. The number of piperazine rings is 1. The van der Waals surface area contributed by atoms with E-state index >= 15 is 0 Å². The van der Waals surface area contributed by atoms with E-state index in [-0.39, 0.29) is 34.9 Å². The summed E-state index contributed by atoms with van der Waals surface area (Å²) in [6, 6.07) is 13.6. The number of carbonyl (C=O) groups excluding carboxylic acids is 1. The highest BCUT2D eigenvalue weighted by Gasteiger charge is 2.46. The summed E-state index contributed by atoms with van der Waals surface area (Å²) >= 11 is 5.90. The Bertz CT molecular complexity index is 782. The molecule has 2 aromatic carbocycles. The average molecular weight is 392 g/mol. The average Bonchev–Trinajstić information content (AvgIpc) is 2.66. The van der Waals surface area contributed by atoms with Crippen LogP contribution < -0.4 is 10.1 Å². The van der Waals surface area contributed by atoms with Crippen molar-refractivity contribution in [3.8, 4) is 5.75 Å². The van der Waals surface area contributed by atoms with Gasteiger partial charge in [0.15, 0.2) is 0 Å². The molecule has 144 valence electrons. The number of nitrogens with zero attached hydrogens (tertiary/aromatic N) is 1. The van der Waals surface area contributed by atoms with Crippen molar-refractivity contribution in [3.05, 3.63) is 64.9 Å². The topological polar surface area (TPSA) is 38.3 Å². The van der Waals surface area contributed by atoms with E-state index in [1.54, 1.807) is 36.4 Å². The number of hydrogen-bond donors (Lipinski definition) is 1. The van der Waals surface area contributed by atoms with Gasteiger partial charge in [0.1, 0.15) is 24.2 Å². The smallest absolute Gasteiger partial charge is 0.351 e. The molecule has 3 rings (SSSR count). The molecule has 1 N–H and O–H groups in total. The van der Waals surface area contributed by atoms with Gasteiger partial charge in [-0.25, -0.2) is 13.7 Å². The van der Waals surface area contributed by atoms with Crippen LogP contribution in [0.2, 0.25) is 5.02 Å². The van der Waals surface area contributed by atoms with Gasteiger partial charge in [-0.05, 0) is 50.2 Å². The number of rotatable bonds is 5. The normalized spacial score (nSPS) is 25.2. The van der Waals surface area contributed by atoms with E-state index in [1.165, 1.54) is 12.1 Å². The van der Waals surface area contributed by atoms with E-state index < -0.39 is 0 Å². The summed E-state index contributed by atoms with van der Waals surface area (Å²) in [6.45, 7) is 6.11. The molecule has 0 spiro atoms. The molecule has 0 radical (unpaired) electrons. The third-order valence-electron chi connectivity index (χ3n) is 5.53. The highest BCUT2D eigenvalue weighted by Crippen LogP contribution is 2.26. The van der Waals surface area contributed by atoms with E-state index in [0.29, 0.717) is 23.9 Å². The molecule has 0 saturated carbocycles. The van der Waals surface area contributed by atoms with Crippen LogP contribution in [0, 0.1) is 5.82 Å². The first-order valence-corrected chi connectivity index (χ1v) is 9.55. The van der Waals surface area contributed by atoms with Gasteiger partial charge in [0.2, 0.25) is 6.61 Å². The molecule has 1 fully saturated rings. The highest BCUT2D eigenvalue weighted by molar-refractivity contribution is 6.30. The SMILES string of the molecule is CC1NCC[N@+](Cc2ccc(F)cc2)(C(=O)COc2ccc(Cl)cc2)[C@H]1C. The minimum absolute atomic E-state index is 0.0140. The van der Waals surface area contributed by atoms with Crippen LogP contribution in [0.3, 0.4) is 0 Å². The van der Waals surface area contributed by atoms with E-state index in [2.05, 4.69) is 19.2 Å². The van der Waals surface area contributed by atoms with Crippen molar-refractivity contribution >= 4 is 17.5 Å². The number of hydrogen-bond acceptors (Lipinski definition) is 3. The van der Waals surface area contributed by atoms with Crippen molar-refractivity contribution in [1.82, 2.24) is 5.32 Å². The first-order valence-electron chi connectivity index (χ1n) is 9.17. The van der Waals surface area contributed by atoms with Crippen LogP contribution in [0.15, 0.2) is 48.5 Å². The Morgan fingerprint density at radius 3 is 2.52 bits per heavy atom. The summed E-state index contributed by atoms with van der Waals surface area (Å²) in [5, 5.41) is 4.06. The second-order valence-electron chi connectivity index (χ2n) is 7.16. The van der Waals surface area contributed by atoms with Crippen LogP contribution in [0.5, 0.6) is 5.75 Å². The van der Waals surface area contributed by atoms with Crippen molar-refractivity contribution in [1.29, 1.82) is 0 Å². The van der Waals surface area contributed by atoms with Crippen molar-refractivity contribution in [3.63, 3.8) is 0 Å². The monoisotopic (exact) mass is 391 g/mol. The number of halogens is 2. The van der Waals surface area contributed by atoms with Gasteiger partial charge in [0.05, 0.1) is 12.6 Å². The van der Waals surface area contributed by atoms with E-state index in [1.807, 2.05) is 0 Å². The van der Waals surface area contributed by atoms with Crippen molar-refractivity contribution in [2.24, 2.45) is 0 Å². The van der Waals surface area contributed by atoms with Gasteiger partial charge >= 0.3 is 5.91 Å². The first kappa shape index (κ1) is 19.8. The first-order chi connectivity index (χ1) is 12.9. The predicted molar refractivity (Wildman–Crippen MR) is 104 cm³/mol. The van der Waals surface area contributed by atoms with E-state index in [0.717, 1.165) is 12.1 Å². The van der Waals surface area contributed by atoms with E-state index in [4.69, 9.17) is 16.3 Å². The van der Waals surface area contributed by atoms with Gasteiger partial charge in [-0.2, -0.15) is 0 Å². The third kappa shape index (κ3) is 4.49. The van der Waals surface area contributed by atoms with Crippen LogP contribution in [-0.4, -0.2) is 42.2 Å². The van der Waals surface area contributed by atoms with Crippen LogP contribution >= 0.6 is 11.6 Å². The number of carbonyl (C=O) groups is 1. The summed E-state index contributed by atoms with van der Waals surface area (Å²) in [5.41, 5.74) is 0.942. The minimum atomic E-state index is -0.274. The molecule has 3 atom stereocenters. The van der Waals surface area contributed by atoms with Gasteiger partial charge in [-0.3, -0.25) is 0 Å². The Kier molecular flexibility index (Phi) is 6.15. The molecule has 0 aliphatic carbocycles. The molecule has 1 aliphatic rings. The number of ether oxygens (including phenoxy) is 1. The molecule has 1 amide bonds. The lowest BCUT2D eigenvalue weighted by atomic mass is 10.0. The van der Waals surface area contributed by atoms with Gasteiger partial charge < -0.3 is 10.1 Å². The number of nitrogens with one attached hydrogen (secondary N) is 1. The molecule has 2 aromatic rings. The van der Waals surface area contributed by atoms with Crippen LogP contribution in [0.25, 0.3) is 0 Å². The van der Waals surface area contributed by atoms with Gasteiger partial charge in [0.25, 0.3) is 0 Å². The zero-order valence-corrected chi connectivity index (χ0v) is 16.4. The van der Waals surface area contributed by atoms with Crippen LogP contribution in [0.1, 0.15) is 19.4 Å². The lowest BCUT2D eigenvalue weighted by Gasteiger charge is -2.47. The molecule has 1 saturated heterocycles. The van der Waals surface area contributed by atoms with Crippen molar-refractivity contribution in [2.45, 2.75) is 32.5 Å². The number of quaternary nitrogens is 1. The van der Waals surface area contributed by atoms with Gasteiger partial charge in [-0.15, -0.1) is 0 Å². The van der Waals surface area contributed by atoms with Crippen molar-refractivity contribution in [2.75, 3.05) is 19.7 Å².